The van der Waals surface area contributed by atoms with Gasteiger partial charge in [0.15, 0.2) is 0 Å². The van der Waals surface area contributed by atoms with Crippen molar-refractivity contribution in [3.05, 3.63) is 10.6 Å². The average molecular weight is 228 g/mol. The van der Waals surface area contributed by atoms with Gasteiger partial charge in [0.1, 0.15) is 0 Å². The van der Waals surface area contributed by atoms with Gasteiger partial charge in [-0.25, -0.2) is 0 Å². The van der Waals surface area contributed by atoms with Crippen molar-refractivity contribution in [3.8, 4) is 0 Å². The summed E-state index contributed by atoms with van der Waals surface area (Å²) in [5.74, 6) is 0. The van der Waals surface area contributed by atoms with Gasteiger partial charge in [0, 0.05) is 28.4 Å². The first-order valence-corrected chi connectivity index (χ1v) is 5.76. The van der Waals surface area contributed by atoms with Crippen molar-refractivity contribution in [3.63, 3.8) is 0 Å². The molecule has 0 atom stereocenters. The molecule has 0 aliphatic carbocycles. The van der Waals surface area contributed by atoms with Gasteiger partial charge in [0.2, 0.25) is 0 Å². The van der Waals surface area contributed by atoms with Crippen LogP contribution >= 0.6 is 35.0 Å². The van der Waals surface area contributed by atoms with Gasteiger partial charge in [0.05, 0.1) is 0 Å². The Kier molecular flexibility index (Phi) is 6.46. The molecule has 0 heterocycles. The van der Waals surface area contributed by atoms with Crippen LogP contribution in [-0.2, 0) is 0 Å². The topological polar surface area (TPSA) is 12.0 Å². The molecule has 0 unspecified atom stereocenters. The van der Waals surface area contributed by atoms with Crippen molar-refractivity contribution in [1.29, 1.82) is 0 Å². The van der Waals surface area contributed by atoms with Gasteiger partial charge in [-0.1, -0.05) is 23.2 Å². The molecular weight excluding hydrogens is 213 g/mol. The van der Waals surface area contributed by atoms with E-state index in [1.165, 1.54) is 5.54 Å². The van der Waals surface area contributed by atoms with Crippen LogP contribution < -0.4 is 5.32 Å². The average Bonchev–Trinajstić information content (AvgIpc) is 2.04. The molecule has 0 spiro atoms. The number of hydrogen-bond donors (Lipinski definition) is 1. The summed E-state index contributed by atoms with van der Waals surface area (Å²) in [4.78, 5) is 0. The third-order valence-corrected chi connectivity index (χ3v) is 3.38. The number of thioether (sulfide) groups is 1. The zero-order chi connectivity index (χ0) is 9.61. The molecule has 0 aromatic rings. The number of halogens is 2. The van der Waals surface area contributed by atoms with Crippen molar-refractivity contribution in [2.24, 2.45) is 0 Å². The molecule has 0 radical (unpaired) electrons. The quantitative estimate of drug-likeness (QED) is 0.776. The summed E-state index contributed by atoms with van der Waals surface area (Å²) in [5, 5.41) is 3.87. The Morgan fingerprint density at radius 2 is 2.17 bits per heavy atom. The van der Waals surface area contributed by atoms with Crippen LogP contribution in [0.15, 0.2) is 10.6 Å². The maximum Gasteiger partial charge on any atom is 0.0431 e. The summed E-state index contributed by atoms with van der Waals surface area (Å²) in [5.41, 5.74) is 1.39. The summed E-state index contributed by atoms with van der Waals surface area (Å²) in [6.45, 7) is 5.94. The van der Waals surface area contributed by atoms with Crippen LogP contribution in [0.4, 0.5) is 0 Å². The second kappa shape index (κ2) is 6.14. The molecule has 12 heavy (non-hydrogen) atoms. The first-order chi connectivity index (χ1) is 5.52. The van der Waals surface area contributed by atoms with E-state index in [0.717, 1.165) is 6.54 Å². The van der Waals surface area contributed by atoms with Gasteiger partial charge in [-0.2, -0.15) is 11.8 Å². The normalized spacial score (nSPS) is 13.6. The molecule has 0 rings (SSSR count). The van der Waals surface area contributed by atoms with Gasteiger partial charge in [-0.15, -0.1) is 0 Å². The fourth-order valence-electron chi connectivity index (χ4n) is 0.594. The van der Waals surface area contributed by atoms with Crippen molar-refractivity contribution >= 4 is 35.0 Å². The first-order valence-electron chi connectivity index (χ1n) is 3.72. The lowest BCUT2D eigenvalue weighted by molar-refractivity contribution is 0.619. The van der Waals surface area contributed by atoms with Crippen LogP contribution in [0.1, 0.15) is 13.8 Å². The van der Waals surface area contributed by atoms with E-state index in [0.29, 0.717) is 11.6 Å². The number of rotatable bonds is 5. The van der Waals surface area contributed by atoms with Crippen LogP contribution in [0, 0.1) is 0 Å². The standard InChI is InChI=1S/C8H15Cl2NS/c1-8(2,12-3)6-11-5-7(10)4-9/h4,11H,5-6H2,1-3H3. The molecule has 0 aromatic heterocycles. The maximum atomic E-state index is 5.70. The SMILES string of the molecule is CSC(C)(C)CNCC(Cl)=CCl. The predicted molar refractivity (Wildman–Crippen MR) is 60.3 cm³/mol. The van der Waals surface area contributed by atoms with Crippen LogP contribution in [0.25, 0.3) is 0 Å². The number of hydrogen-bond acceptors (Lipinski definition) is 2. The van der Waals surface area contributed by atoms with Crippen molar-refractivity contribution in [2.75, 3.05) is 19.3 Å². The zero-order valence-electron chi connectivity index (χ0n) is 7.66. The van der Waals surface area contributed by atoms with Crippen molar-refractivity contribution in [1.82, 2.24) is 5.32 Å². The largest absolute Gasteiger partial charge is 0.310 e. The van der Waals surface area contributed by atoms with E-state index in [-0.39, 0.29) is 4.75 Å². The van der Waals surface area contributed by atoms with Crippen LogP contribution in [0.3, 0.4) is 0 Å². The lowest BCUT2D eigenvalue weighted by Crippen LogP contribution is -2.32. The van der Waals surface area contributed by atoms with E-state index < -0.39 is 0 Å². The fraction of sp³-hybridized carbons (Fsp3) is 0.750. The number of nitrogens with one attached hydrogen (secondary N) is 1. The molecule has 0 aromatic carbocycles. The van der Waals surface area contributed by atoms with E-state index >= 15 is 0 Å². The molecule has 4 heteroatoms. The molecule has 72 valence electrons. The monoisotopic (exact) mass is 227 g/mol. The van der Waals surface area contributed by atoms with Gasteiger partial charge >= 0.3 is 0 Å². The van der Waals surface area contributed by atoms with Gasteiger partial charge in [0.25, 0.3) is 0 Å². The zero-order valence-corrected chi connectivity index (χ0v) is 9.98. The lowest BCUT2D eigenvalue weighted by atomic mass is 10.2. The Bertz CT molecular complexity index is 157. The maximum absolute atomic E-state index is 5.70. The predicted octanol–water partition coefficient (Wildman–Crippen LogP) is 3.04. The molecule has 0 saturated heterocycles. The molecule has 0 amide bonds. The van der Waals surface area contributed by atoms with E-state index in [1.54, 1.807) is 0 Å². The van der Waals surface area contributed by atoms with Crippen LogP contribution in [-0.4, -0.2) is 24.1 Å². The van der Waals surface area contributed by atoms with E-state index in [4.69, 9.17) is 23.2 Å². The highest BCUT2D eigenvalue weighted by Gasteiger charge is 2.14. The van der Waals surface area contributed by atoms with E-state index in [2.05, 4.69) is 25.4 Å². The molecule has 0 aliphatic heterocycles. The Hall–Kier alpha value is 0.630. The minimum absolute atomic E-state index is 0.253. The molecule has 0 saturated carbocycles. The molecule has 0 aliphatic rings. The molecular formula is C8H15Cl2NS. The summed E-state index contributed by atoms with van der Waals surface area (Å²) >= 11 is 12.9. The Balaban J connectivity index is 3.56. The lowest BCUT2D eigenvalue weighted by Gasteiger charge is -2.22. The Labute approximate surface area is 88.9 Å². The molecule has 0 bridgehead atoms. The smallest absolute Gasteiger partial charge is 0.0431 e. The first kappa shape index (κ1) is 12.6. The Morgan fingerprint density at radius 3 is 2.58 bits per heavy atom. The van der Waals surface area contributed by atoms with E-state index in [9.17, 15) is 0 Å². The summed E-state index contributed by atoms with van der Waals surface area (Å²) in [7, 11) is 0. The third-order valence-electron chi connectivity index (χ3n) is 1.52. The third kappa shape index (κ3) is 6.18. The Morgan fingerprint density at radius 1 is 1.58 bits per heavy atom. The summed E-state index contributed by atoms with van der Waals surface area (Å²) in [6, 6.07) is 0. The van der Waals surface area contributed by atoms with Gasteiger partial charge in [-0.3, -0.25) is 0 Å². The second-order valence-electron chi connectivity index (χ2n) is 3.12. The van der Waals surface area contributed by atoms with Crippen LogP contribution in [0.2, 0.25) is 0 Å². The highest BCUT2D eigenvalue weighted by atomic mass is 35.5. The van der Waals surface area contributed by atoms with Crippen LogP contribution in [0.5, 0.6) is 0 Å². The van der Waals surface area contributed by atoms with Crippen molar-refractivity contribution < 1.29 is 0 Å². The minimum Gasteiger partial charge on any atom is -0.310 e. The minimum atomic E-state index is 0.253. The highest BCUT2D eigenvalue weighted by molar-refractivity contribution is 7.99. The van der Waals surface area contributed by atoms with Crippen molar-refractivity contribution in [2.45, 2.75) is 18.6 Å². The van der Waals surface area contributed by atoms with Gasteiger partial charge in [-0.05, 0) is 20.1 Å². The second-order valence-corrected chi connectivity index (χ2v) is 5.34. The highest BCUT2D eigenvalue weighted by Crippen LogP contribution is 2.19. The van der Waals surface area contributed by atoms with E-state index in [1.807, 2.05) is 11.8 Å². The fourth-order valence-corrected chi connectivity index (χ4v) is 1.01. The summed E-state index contributed by atoms with van der Waals surface area (Å²) in [6.07, 6.45) is 2.10. The van der Waals surface area contributed by atoms with Gasteiger partial charge < -0.3 is 5.32 Å². The molecule has 1 N–H and O–H groups in total. The molecule has 1 nitrogen and oxygen atoms in total. The summed E-state index contributed by atoms with van der Waals surface area (Å²) < 4.78 is 0.253. The molecule has 0 fully saturated rings.